The molecule has 0 atom stereocenters. The Kier molecular flexibility index (Phi) is 4.97. The Morgan fingerprint density at radius 1 is 1.21 bits per heavy atom. The molecule has 19 heavy (non-hydrogen) atoms. The van der Waals surface area contributed by atoms with Gasteiger partial charge in [0.25, 0.3) is 0 Å². The van der Waals surface area contributed by atoms with Gasteiger partial charge in [0.15, 0.2) is 0 Å². The van der Waals surface area contributed by atoms with Crippen molar-refractivity contribution in [3.05, 3.63) is 35.9 Å². The van der Waals surface area contributed by atoms with Crippen molar-refractivity contribution in [3.63, 3.8) is 0 Å². The third-order valence-electron chi connectivity index (χ3n) is 3.96. The topological polar surface area (TPSA) is 35.5 Å². The summed E-state index contributed by atoms with van der Waals surface area (Å²) in [5, 5.41) is 13.2. The van der Waals surface area contributed by atoms with E-state index < -0.39 is 0 Å². The fourth-order valence-corrected chi connectivity index (χ4v) is 2.94. The van der Waals surface area contributed by atoms with Crippen LogP contribution in [0.3, 0.4) is 0 Å². The van der Waals surface area contributed by atoms with Crippen molar-refractivity contribution >= 4 is 0 Å². The van der Waals surface area contributed by atoms with Crippen molar-refractivity contribution in [1.29, 1.82) is 0 Å². The number of nitrogens with zero attached hydrogens (tertiary/aromatic N) is 1. The summed E-state index contributed by atoms with van der Waals surface area (Å²) in [6.07, 6.45) is 2.04. The first-order valence-corrected chi connectivity index (χ1v) is 7.28. The summed E-state index contributed by atoms with van der Waals surface area (Å²) in [6, 6.07) is 11.0. The highest BCUT2D eigenvalue weighted by Gasteiger charge is 2.34. The van der Waals surface area contributed by atoms with E-state index in [1.165, 1.54) is 5.56 Å². The van der Waals surface area contributed by atoms with Gasteiger partial charge in [-0.3, -0.25) is 4.90 Å². The Hall–Kier alpha value is -0.900. The lowest BCUT2D eigenvalue weighted by Gasteiger charge is -2.42. The quantitative estimate of drug-likeness (QED) is 0.852. The van der Waals surface area contributed by atoms with Crippen molar-refractivity contribution < 1.29 is 5.11 Å². The van der Waals surface area contributed by atoms with Crippen LogP contribution in [0.1, 0.15) is 32.3 Å². The van der Waals surface area contributed by atoms with Gasteiger partial charge in [0.05, 0.1) is 6.61 Å². The molecule has 1 aliphatic rings. The van der Waals surface area contributed by atoms with Gasteiger partial charge in [0.2, 0.25) is 0 Å². The standard InChI is InChI=1S/C16H26N2O/c1-14(2)17-16(13-19)8-10-18(11-9-16)12-15-6-4-3-5-7-15/h3-7,14,17,19H,8-13H2,1-2H3. The molecule has 1 fully saturated rings. The van der Waals surface area contributed by atoms with E-state index in [0.717, 1.165) is 32.5 Å². The van der Waals surface area contributed by atoms with Crippen molar-refractivity contribution in [2.45, 2.75) is 44.8 Å². The lowest BCUT2D eigenvalue weighted by molar-refractivity contribution is 0.0696. The van der Waals surface area contributed by atoms with E-state index in [2.05, 4.69) is 54.4 Å². The maximum Gasteiger partial charge on any atom is 0.0614 e. The lowest BCUT2D eigenvalue weighted by Crippen LogP contribution is -2.57. The molecule has 106 valence electrons. The Morgan fingerprint density at radius 3 is 2.37 bits per heavy atom. The fraction of sp³-hybridized carbons (Fsp3) is 0.625. The average molecular weight is 262 g/mol. The number of nitrogens with one attached hydrogen (secondary N) is 1. The molecule has 3 heteroatoms. The Morgan fingerprint density at radius 2 is 1.84 bits per heavy atom. The molecular formula is C16H26N2O. The summed E-state index contributed by atoms with van der Waals surface area (Å²) in [7, 11) is 0. The molecular weight excluding hydrogens is 236 g/mol. The van der Waals surface area contributed by atoms with Gasteiger partial charge in [0.1, 0.15) is 0 Å². The van der Waals surface area contributed by atoms with E-state index in [-0.39, 0.29) is 12.1 Å². The molecule has 0 radical (unpaired) electrons. The molecule has 0 aliphatic carbocycles. The zero-order chi connectivity index (χ0) is 13.7. The van der Waals surface area contributed by atoms with Crippen molar-refractivity contribution in [2.75, 3.05) is 19.7 Å². The molecule has 1 aromatic rings. The zero-order valence-corrected chi connectivity index (χ0v) is 12.1. The first-order valence-electron chi connectivity index (χ1n) is 7.28. The number of hydrogen-bond donors (Lipinski definition) is 2. The highest BCUT2D eigenvalue weighted by Crippen LogP contribution is 2.23. The Balaban J connectivity index is 1.88. The molecule has 3 nitrogen and oxygen atoms in total. The Labute approximate surface area is 116 Å². The number of likely N-dealkylation sites (tertiary alicyclic amines) is 1. The molecule has 1 saturated heterocycles. The number of aliphatic hydroxyl groups excluding tert-OH is 1. The number of benzene rings is 1. The molecule has 1 aromatic carbocycles. The van der Waals surface area contributed by atoms with Crippen LogP contribution >= 0.6 is 0 Å². The van der Waals surface area contributed by atoms with Gasteiger partial charge < -0.3 is 10.4 Å². The van der Waals surface area contributed by atoms with Crippen LogP contribution in [0, 0.1) is 0 Å². The van der Waals surface area contributed by atoms with Crippen LogP contribution in [-0.4, -0.2) is 41.3 Å². The Bertz CT molecular complexity index is 370. The maximum absolute atomic E-state index is 9.69. The molecule has 0 unspecified atom stereocenters. The highest BCUT2D eigenvalue weighted by molar-refractivity contribution is 5.14. The second kappa shape index (κ2) is 6.51. The van der Waals surface area contributed by atoms with Crippen LogP contribution in [0.5, 0.6) is 0 Å². The summed E-state index contributed by atoms with van der Waals surface area (Å²) in [4.78, 5) is 2.48. The van der Waals surface area contributed by atoms with Crippen LogP contribution in [0.15, 0.2) is 30.3 Å². The average Bonchev–Trinajstić information content (AvgIpc) is 2.42. The summed E-state index contributed by atoms with van der Waals surface area (Å²) >= 11 is 0. The zero-order valence-electron chi connectivity index (χ0n) is 12.1. The van der Waals surface area contributed by atoms with Crippen LogP contribution in [0.2, 0.25) is 0 Å². The molecule has 1 heterocycles. The minimum absolute atomic E-state index is 0.0681. The molecule has 0 spiro atoms. The van der Waals surface area contributed by atoms with Crippen molar-refractivity contribution in [2.24, 2.45) is 0 Å². The van der Waals surface area contributed by atoms with Crippen LogP contribution in [0.25, 0.3) is 0 Å². The summed E-state index contributed by atoms with van der Waals surface area (Å²) < 4.78 is 0. The summed E-state index contributed by atoms with van der Waals surface area (Å²) in [5.41, 5.74) is 1.30. The third kappa shape index (κ3) is 4.03. The van der Waals surface area contributed by atoms with E-state index in [0.29, 0.717) is 6.04 Å². The van der Waals surface area contributed by atoms with Crippen LogP contribution < -0.4 is 5.32 Å². The minimum Gasteiger partial charge on any atom is -0.394 e. The normalized spacial score (nSPS) is 19.8. The smallest absolute Gasteiger partial charge is 0.0614 e. The number of aliphatic hydroxyl groups is 1. The molecule has 0 bridgehead atoms. The molecule has 0 amide bonds. The predicted octanol–water partition coefficient (Wildman–Crippen LogP) is 2.01. The van der Waals surface area contributed by atoms with Gasteiger partial charge in [-0.15, -0.1) is 0 Å². The number of rotatable bonds is 5. The van der Waals surface area contributed by atoms with E-state index in [9.17, 15) is 5.11 Å². The SMILES string of the molecule is CC(C)NC1(CO)CCN(Cc2ccccc2)CC1. The molecule has 1 aliphatic heterocycles. The van der Waals surface area contributed by atoms with E-state index in [1.54, 1.807) is 0 Å². The van der Waals surface area contributed by atoms with Gasteiger partial charge >= 0.3 is 0 Å². The van der Waals surface area contributed by atoms with Gasteiger partial charge in [-0.25, -0.2) is 0 Å². The van der Waals surface area contributed by atoms with E-state index in [4.69, 9.17) is 0 Å². The molecule has 2 rings (SSSR count). The number of hydrogen-bond acceptors (Lipinski definition) is 3. The summed E-state index contributed by atoms with van der Waals surface area (Å²) in [5.74, 6) is 0. The number of piperidine rings is 1. The van der Waals surface area contributed by atoms with Crippen LogP contribution in [-0.2, 0) is 6.54 Å². The summed E-state index contributed by atoms with van der Waals surface area (Å²) in [6.45, 7) is 7.65. The molecule has 0 saturated carbocycles. The monoisotopic (exact) mass is 262 g/mol. The lowest BCUT2D eigenvalue weighted by atomic mass is 9.87. The highest BCUT2D eigenvalue weighted by atomic mass is 16.3. The third-order valence-corrected chi connectivity index (χ3v) is 3.96. The van der Waals surface area contributed by atoms with Gasteiger partial charge in [-0.2, -0.15) is 0 Å². The van der Waals surface area contributed by atoms with Crippen LogP contribution in [0.4, 0.5) is 0 Å². The first kappa shape index (κ1) is 14.5. The van der Waals surface area contributed by atoms with E-state index in [1.807, 2.05) is 0 Å². The minimum atomic E-state index is -0.0681. The second-order valence-electron chi connectivity index (χ2n) is 6.00. The molecule has 2 N–H and O–H groups in total. The fourth-order valence-electron chi connectivity index (χ4n) is 2.94. The largest absolute Gasteiger partial charge is 0.394 e. The van der Waals surface area contributed by atoms with Crippen molar-refractivity contribution in [3.8, 4) is 0 Å². The molecule has 0 aromatic heterocycles. The second-order valence-corrected chi connectivity index (χ2v) is 6.00. The van der Waals surface area contributed by atoms with Crippen molar-refractivity contribution in [1.82, 2.24) is 10.2 Å². The van der Waals surface area contributed by atoms with Gasteiger partial charge in [-0.05, 0) is 18.4 Å². The predicted molar refractivity (Wildman–Crippen MR) is 79.0 cm³/mol. The van der Waals surface area contributed by atoms with Gasteiger partial charge in [0, 0.05) is 31.2 Å². The maximum atomic E-state index is 9.69. The van der Waals surface area contributed by atoms with Gasteiger partial charge in [-0.1, -0.05) is 44.2 Å². The first-order chi connectivity index (χ1) is 9.13. The van der Waals surface area contributed by atoms with E-state index >= 15 is 0 Å².